The van der Waals surface area contributed by atoms with Crippen molar-refractivity contribution in [1.82, 2.24) is 10.2 Å². The second-order valence-corrected chi connectivity index (χ2v) is 4.48. The van der Waals surface area contributed by atoms with Gasteiger partial charge in [0.1, 0.15) is 6.04 Å². The molecule has 0 spiro atoms. The number of piperidine rings is 1. The summed E-state index contributed by atoms with van der Waals surface area (Å²) in [7, 11) is 1.39. The van der Waals surface area contributed by atoms with E-state index in [1.807, 2.05) is 11.8 Å². The number of hydrogen-bond donors (Lipinski definition) is 1. The van der Waals surface area contributed by atoms with E-state index in [0.717, 1.165) is 25.8 Å². The number of esters is 1. The van der Waals surface area contributed by atoms with Gasteiger partial charge in [-0.3, -0.25) is 14.5 Å². The Morgan fingerprint density at radius 3 is 2.89 bits per heavy atom. The van der Waals surface area contributed by atoms with Crippen LogP contribution in [0.2, 0.25) is 0 Å². The molecule has 0 saturated carbocycles. The van der Waals surface area contributed by atoms with Crippen LogP contribution < -0.4 is 5.32 Å². The molecule has 1 N–H and O–H groups in total. The van der Waals surface area contributed by atoms with Gasteiger partial charge in [0.2, 0.25) is 5.91 Å². The first kappa shape index (κ1) is 14.7. The van der Waals surface area contributed by atoms with Crippen molar-refractivity contribution in [2.24, 2.45) is 0 Å². The quantitative estimate of drug-likeness (QED) is 0.580. The second kappa shape index (κ2) is 7.16. The highest BCUT2D eigenvalue weighted by molar-refractivity contribution is 5.83. The highest BCUT2D eigenvalue weighted by Gasteiger charge is 2.34. The molecular weight excluding hydrogens is 232 g/mol. The summed E-state index contributed by atoms with van der Waals surface area (Å²) in [5, 5.41) is 2.76. The van der Waals surface area contributed by atoms with Crippen molar-refractivity contribution in [3.63, 3.8) is 0 Å². The summed E-state index contributed by atoms with van der Waals surface area (Å²) in [6, 6.07) is -0.623. The third-order valence-corrected chi connectivity index (χ3v) is 3.32. The predicted molar refractivity (Wildman–Crippen MR) is 69.0 cm³/mol. The zero-order chi connectivity index (χ0) is 13.5. The molecule has 1 amide bonds. The van der Waals surface area contributed by atoms with Gasteiger partial charge in [0.15, 0.2) is 0 Å². The summed E-state index contributed by atoms with van der Waals surface area (Å²) in [5.41, 5.74) is 0. The highest BCUT2D eigenvalue weighted by atomic mass is 16.5. The first-order valence-electron chi connectivity index (χ1n) is 6.34. The summed E-state index contributed by atoms with van der Waals surface area (Å²) in [4.78, 5) is 25.5. The fourth-order valence-corrected chi connectivity index (χ4v) is 2.28. The van der Waals surface area contributed by atoms with Crippen molar-refractivity contribution in [2.75, 3.05) is 20.2 Å². The van der Waals surface area contributed by atoms with E-state index in [9.17, 15) is 9.59 Å². The van der Waals surface area contributed by atoms with Gasteiger partial charge in [-0.1, -0.05) is 12.5 Å². The lowest BCUT2D eigenvalue weighted by molar-refractivity contribution is -0.150. The van der Waals surface area contributed by atoms with Gasteiger partial charge in [-0.15, -0.1) is 6.58 Å². The molecule has 1 heterocycles. The lowest BCUT2D eigenvalue weighted by Gasteiger charge is -2.37. The molecule has 18 heavy (non-hydrogen) atoms. The minimum absolute atomic E-state index is 0.0781. The Labute approximate surface area is 108 Å². The van der Waals surface area contributed by atoms with Gasteiger partial charge in [0.05, 0.1) is 13.2 Å². The average Bonchev–Trinajstić information content (AvgIpc) is 2.43. The monoisotopic (exact) mass is 254 g/mol. The molecule has 0 aliphatic carbocycles. The van der Waals surface area contributed by atoms with Crippen molar-refractivity contribution >= 4 is 11.9 Å². The average molecular weight is 254 g/mol. The van der Waals surface area contributed by atoms with Crippen LogP contribution in [0, 0.1) is 0 Å². The van der Waals surface area contributed by atoms with Crippen molar-refractivity contribution in [3.05, 3.63) is 12.7 Å². The van der Waals surface area contributed by atoms with E-state index in [1.165, 1.54) is 7.11 Å². The summed E-state index contributed by atoms with van der Waals surface area (Å²) in [6.45, 7) is 6.57. The Bertz CT molecular complexity index is 317. The van der Waals surface area contributed by atoms with Crippen LogP contribution in [0.15, 0.2) is 12.7 Å². The molecule has 0 bridgehead atoms. The Morgan fingerprint density at radius 2 is 2.28 bits per heavy atom. The zero-order valence-corrected chi connectivity index (χ0v) is 11.1. The number of ether oxygens (including phenoxy) is 1. The minimum atomic E-state index is -0.325. The molecule has 1 rings (SSSR count). The van der Waals surface area contributed by atoms with Crippen molar-refractivity contribution in [1.29, 1.82) is 0 Å². The van der Waals surface area contributed by atoms with Crippen LogP contribution in [-0.4, -0.2) is 49.1 Å². The maximum atomic E-state index is 11.9. The number of hydrogen-bond acceptors (Lipinski definition) is 4. The molecule has 5 nitrogen and oxygen atoms in total. The van der Waals surface area contributed by atoms with Crippen LogP contribution in [0.1, 0.15) is 26.2 Å². The Morgan fingerprint density at radius 1 is 1.56 bits per heavy atom. The van der Waals surface area contributed by atoms with E-state index in [2.05, 4.69) is 11.9 Å². The van der Waals surface area contributed by atoms with Crippen molar-refractivity contribution < 1.29 is 14.3 Å². The van der Waals surface area contributed by atoms with E-state index in [1.54, 1.807) is 6.08 Å². The van der Waals surface area contributed by atoms with Crippen LogP contribution in [0.4, 0.5) is 0 Å². The van der Waals surface area contributed by atoms with Gasteiger partial charge in [0, 0.05) is 6.54 Å². The zero-order valence-electron chi connectivity index (χ0n) is 11.1. The lowest BCUT2D eigenvalue weighted by atomic mass is 10.00. The minimum Gasteiger partial charge on any atom is -0.468 e. The Balaban J connectivity index is 2.67. The summed E-state index contributed by atoms with van der Waals surface area (Å²) >= 11 is 0. The van der Waals surface area contributed by atoms with Crippen LogP contribution in [0.5, 0.6) is 0 Å². The third-order valence-electron chi connectivity index (χ3n) is 3.32. The molecule has 102 valence electrons. The predicted octanol–water partition coefficient (Wildman–Crippen LogP) is 0.705. The van der Waals surface area contributed by atoms with Gasteiger partial charge in [-0.2, -0.15) is 0 Å². The van der Waals surface area contributed by atoms with E-state index in [-0.39, 0.29) is 24.0 Å². The normalized spacial score (nSPS) is 22.0. The number of likely N-dealkylation sites (tertiary alicyclic amines) is 1. The van der Waals surface area contributed by atoms with Crippen molar-refractivity contribution in [3.8, 4) is 0 Å². The molecule has 0 aromatic carbocycles. The maximum Gasteiger partial charge on any atom is 0.323 e. The third kappa shape index (κ3) is 3.57. The first-order chi connectivity index (χ1) is 8.61. The number of methoxy groups -OCH3 is 1. The summed E-state index contributed by atoms with van der Waals surface area (Å²) in [5.74, 6) is -0.330. The fraction of sp³-hybridized carbons (Fsp3) is 0.692. The molecular formula is C13H22N2O3. The van der Waals surface area contributed by atoms with Gasteiger partial charge >= 0.3 is 5.97 Å². The standard InChI is InChI=1S/C13H22N2O3/c1-4-8-14-12(16)10(2)15-9-6-5-7-11(15)13(17)18-3/h4,10-11H,1,5-9H2,2-3H3,(H,14,16)/t10?,11-/m1/s1. The molecule has 1 fully saturated rings. The van der Waals surface area contributed by atoms with Gasteiger partial charge in [0.25, 0.3) is 0 Å². The lowest BCUT2D eigenvalue weighted by Crippen LogP contribution is -2.54. The van der Waals surface area contributed by atoms with Crippen LogP contribution in [-0.2, 0) is 14.3 Å². The Hall–Kier alpha value is -1.36. The number of amides is 1. The maximum absolute atomic E-state index is 11.9. The number of carbonyl (C=O) groups excluding carboxylic acids is 2. The highest BCUT2D eigenvalue weighted by Crippen LogP contribution is 2.20. The molecule has 2 atom stereocenters. The van der Waals surface area contributed by atoms with E-state index in [0.29, 0.717) is 6.54 Å². The number of nitrogens with zero attached hydrogens (tertiary/aromatic N) is 1. The topological polar surface area (TPSA) is 58.6 Å². The molecule has 1 aliphatic heterocycles. The second-order valence-electron chi connectivity index (χ2n) is 4.48. The first-order valence-corrected chi connectivity index (χ1v) is 6.34. The number of nitrogens with one attached hydrogen (secondary N) is 1. The molecule has 1 unspecified atom stereocenters. The molecule has 0 aromatic heterocycles. The molecule has 5 heteroatoms. The largest absolute Gasteiger partial charge is 0.468 e. The Kier molecular flexibility index (Phi) is 5.85. The van der Waals surface area contributed by atoms with E-state index in [4.69, 9.17) is 4.74 Å². The number of rotatable bonds is 5. The SMILES string of the molecule is C=CCNC(=O)C(C)N1CCCC[C@@H]1C(=O)OC. The summed E-state index contributed by atoms with van der Waals surface area (Å²) < 4.78 is 4.80. The van der Waals surface area contributed by atoms with E-state index < -0.39 is 0 Å². The van der Waals surface area contributed by atoms with Gasteiger partial charge < -0.3 is 10.1 Å². The molecule has 1 saturated heterocycles. The molecule has 0 radical (unpaired) electrons. The van der Waals surface area contributed by atoms with Crippen LogP contribution in [0.3, 0.4) is 0 Å². The van der Waals surface area contributed by atoms with Crippen LogP contribution in [0.25, 0.3) is 0 Å². The molecule has 1 aliphatic rings. The smallest absolute Gasteiger partial charge is 0.323 e. The fourth-order valence-electron chi connectivity index (χ4n) is 2.28. The van der Waals surface area contributed by atoms with Gasteiger partial charge in [-0.05, 0) is 26.3 Å². The summed E-state index contributed by atoms with van der Waals surface area (Å²) in [6.07, 6.45) is 4.40. The molecule has 0 aromatic rings. The van der Waals surface area contributed by atoms with Crippen molar-refractivity contribution in [2.45, 2.75) is 38.3 Å². The van der Waals surface area contributed by atoms with Gasteiger partial charge in [-0.25, -0.2) is 0 Å². The van der Waals surface area contributed by atoms with E-state index >= 15 is 0 Å². The van der Waals surface area contributed by atoms with Crippen LogP contribution >= 0.6 is 0 Å². The number of carbonyl (C=O) groups is 2.